The van der Waals surface area contributed by atoms with Gasteiger partial charge in [-0.2, -0.15) is 0 Å². The lowest BCUT2D eigenvalue weighted by Gasteiger charge is -2.07. The molecule has 0 amide bonds. The van der Waals surface area contributed by atoms with E-state index in [0.29, 0.717) is 18.9 Å². The molecule has 0 aliphatic carbocycles. The maximum absolute atomic E-state index is 11.3. The van der Waals surface area contributed by atoms with Crippen LogP contribution in [0.3, 0.4) is 0 Å². The molecule has 0 N–H and O–H groups in total. The average molecular weight is 242 g/mol. The molecule has 17 heavy (non-hydrogen) atoms. The van der Waals surface area contributed by atoms with Crippen molar-refractivity contribution in [3.63, 3.8) is 0 Å². The number of hydrogen-bond donors (Lipinski definition) is 0. The van der Waals surface area contributed by atoms with Crippen LogP contribution in [0.4, 0.5) is 0 Å². The zero-order valence-corrected chi connectivity index (χ0v) is 12.1. The Morgan fingerprint density at radius 1 is 0.882 bits per heavy atom. The van der Waals surface area contributed by atoms with E-state index in [4.69, 9.17) is 4.74 Å². The third-order valence-electron chi connectivity index (χ3n) is 2.74. The summed E-state index contributed by atoms with van der Waals surface area (Å²) in [6, 6.07) is 0. The highest BCUT2D eigenvalue weighted by atomic mass is 16.5. The minimum Gasteiger partial charge on any atom is -0.465 e. The lowest BCUT2D eigenvalue weighted by molar-refractivity contribution is -0.144. The molecular weight excluding hydrogens is 212 g/mol. The number of rotatable bonds is 10. The normalized spacial score (nSPS) is 11.2. The number of unbranched alkanes of at least 4 members (excludes halogenated alkanes) is 4. The number of ether oxygens (including phenoxy) is 1. The van der Waals surface area contributed by atoms with Gasteiger partial charge in [0.1, 0.15) is 0 Å². The second kappa shape index (κ2) is 10.6. The Labute approximate surface area is 107 Å². The first-order valence-electron chi connectivity index (χ1n) is 7.18. The molecule has 0 aromatic rings. The summed E-state index contributed by atoms with van der Waals surface area (Å²) in [6.07, 6.45) is 7.96. The standard InChI is InChI=1S/C15H30O2/c1-13(2)10-8-6-5-7-9-11-15(16)17-12-14(3)4/h13-14H,5-12H2,1-4H3. The van der Waals surface area contributed by atoms with Crippen LogP contribution in [-0.4, -0.2) is 12.6 Å². The Morgan fingerprint density at radius 3 is 2.06 bits per heavy atom. The summed E-state index contributed by atoms with van der Waals surface area (Å²) in [5.74, 6) is 1.23. The predicted molar refractivity (Wildman–Crippen MR) is 73.0 cm³/mol. The molecule has 0 aromatic carbocycles. The van der Waals surface area contributed by atoms with Crippen LogP contribution in [0.2, 0.25) is 0 Å². The molecule has 102 valence electrons. The van der Waals surface area contributed by atoms with Gasteiger partial charge in [0, 0.05) is 6.42 Å². The van der Waals surface area contributed by atoms with E-state index in [1.807, 2.05) is 0 Å². The fraction of sp³-hybridized carbons (Fsp3) is 0.933. The number of carbonyl (C=O) groups excluding carboxylic acids is 1. The lowest BCUT2D eigenvalue weighted by Crippen LogP contribution is -2.09. The Hall–Kier alpha value is -0.530. The van der Waals surface area contributed by atoms with Gasteiger partial charge in [0.25, 0.3) is 0 Å². The first-order valence-corrected chi connectivity index (χ1v) is 7.18. The smallest absolute Gasteiger partial charge is 0.305 e. The zero-order chi connectivity index (χ0) is 13.1. The fourth-order valence-electron chi connectivity index (χ4n) is 1.68. The Morgan fingerprint density at radius 2 is 1.47 bits per heavy atom. The minimum absolute atomic E-state index is 0.0270. The van der Waals surface area contributed by atoms with Crippen molar-refractivity contribution in [2.45, 2.75) is 72.6 Å². The predicted octanol–water partition coefficient (Wildman–Crippen LogP) is 4.57. The summed E-state index contributed by atoms with van der Waals surface area (Å²) < 4.78 is 5.12. The van der Waals surface area contributed by atoms with Crippen LogP contribution in [0, 0.1) is 11.8 Å². The van der Waals surface area contributed by atoms with Crippen molar-refractivity contribution in [3.8, 4) is 0 Å². The van der Waals surface area contributed by atoms with E-state index in [2.05, 4.69) is 27.7 Å². The highest BCUT2D eigenvalue weighted by Crippen LogP contribution is 2.11. The molecule has 0 atom stereocenters. The van der Waals surface area contributed by atoms with Gasteiger partial charge in [-0.1, -0.05) is 59.8 Å². The summed E-state index contributed by atoms with van der Waals surface area (Å²) >= 11 is 0. The van der Waals surface area contributed by atoms with Crippen molar-refractivity contribution in [2.24, 2.45) is 11.8 Å². The molecule has 2 heteroatoms. The Balaban J connectivity index is 3.19. The largest absolute Gasteiger partial charge is 0.465 e. The van der Waals surface area contributed by atoms with Crippen LogP contribution in [0.15, 0.2) is 0 Å². The van der Waals surface area contributed by atoms with Crippen LogP contribution >= 0.6 is 0 Å². The monoisotopic (exact) mass is 242 g/mol. The van der Waals surface area contributed by atoms with Crippen molar-refractivity contribution >= 4 is 5.97 Å². The fourth-order valence-corrected chi connectivity index (χ4v) is 1.68. The van der Waals surface area contributed by atoms with Crippen molar-refractivity contribution in [1.82, 2.24) is 0 Å². The SMILES string of the molecule is CC(C)CCCCCCCC(=O)OCC(C)C. The molecule has 0 aromatic heterocycles. The molecule has 0 fully saturated rings. The Bertz CT molecular complexity index is 185. The Kier molecular flexibility index (Phi) is 10.3. The lowest BCUT2D eigenvalue weighted by atomic mass is 10.0. The summed E-state index contributed by atoms with van der Waals surface area (Å²) in [4.78, 5) is 11.3. The summed E-state index contributed by atoms with van der Waals surface area (Å²) in [6.45, 7) is 9.21. The molecule has 0 heterocycles. The molecule has 0 aliphatic heterocycles. The quantitative estimate of drug-likeness (QED) is 0.414. The van der Waals surface area contributed by atoms with E-state index in [-0.39, 0.29) is 5.97 Å². The molecule has 0 bridgehead atoms. The van der Waals surface area contributed by atoms with Crippen LogP contribution in [0.1, 0.15) is 72.6 Å². The van der Waals surface area contributed by atoms with E-state index in [1.54, 1.807) is 0 Å². The second-order valence-corrected chi connectivity index (χ2v) is 5.78. The second-order valence-electron chi connectivity index (χ2n) is 5.78. The highest BCUT2D eigenvalue weighted by Gasteiger charge is 2.03. The first kappa shape index (κ1) is 16.5. The van der Waals surface area contributed by atoms with E-state index >= 15 is 0 Å². The van der Waals surface area contributed by atoms with E-state index in [0.717, 1.165) is 18.8 Å². The van der Waals surface area contributed by atoms with Crippen LogP contribution < -0.4 is 0 Å². The van der Waals surface area contributed by atoms with Gasteiger partial charge in [-0.3, -0.25) is 4.79 Å². The molecule has 0 spiro atoms. The van der Waals surface area contributed by atoms with Crippen molar-refractivity contribution in [3.05, 3.63) is 0 Å². The van der Waals surface area contributed by atoms with E-state index in [1.165, 1.54) is 25.7 Å². The zero-order valence-electron chi connectivity index (χ0n) is 12.1. The third kappa shape index (κ3) is 13.4. The number of esters is 1. The van der Waals surface area contributed by atoms with Crippen LogP contribution in [0.25, 0.3) is 0 Å². The van der Waals surface area contributed by atoms with Crippen molar-refractivity contribution in [2.75, 3.05) is 6.61 Å². The molecule has 2 nitrogen and oxygen atoms in total. The summed E-state index contributed by atoms with van der Waals surface area (Å²) in [7, 11) is 0. The van der Waals surface area contributed by atoms with E-state index in [9.17, 15) is 4.79 Å². The third-order valence-corrected chi connectivity index (χ3v) is 2.74. The maximum Gasteiger partial charge on any atom is 0.305 e. The van der Waals surface area contributed by atoms with Gasteiger partial charge in [0.05, 0.1) is 6.61 Å². The molecule has 0 saturated heterocycles. The van der Waals surface area contributed by atoms with Gasteiger partial charge in [-0.15, -0.1) is 0 Å². The van der Waals surface area contributed by atoms with Crippen molar-refractivity contribution in [1.29, 1.82) is 0 Å². The van der Waals surface area contributed by atoms with Crippen LogP contribution in [-0.2, 0) is 9.53 Å². The topological polar surface area (TPSA) is 26.3 Å². The van der Waals surface area contributed by atoms with Gasteiger partial charge in [0.15, 0.2) is 0 Å². The molecule has 0 unspecified atom stereocenters. The molecule has 0 radical (unpaired) electrons. The van der Waals surface area contributed by atoms with Gasteiger partial charge < -0.3 is 4.74 Å². The number of hydrogen-bond acceptors (Lipinski definition) is 2. The van der Waals surface area contributed by atoms with Gasteiger partial charge in [-0.25, -0.2) is 0 Å². The number of carbonyl (C=O) groups is 1. The maximum atomic E-state index is 11.3. The van der Waals surface area contributed by atoms with Crippen LogP contribution in [0.5, 0.6) is 0 Å². The summed E-state index contributed by atoms with van der Waals surface area (Å²) in [5, 5.41) is 0. The first-order chi connectivity index (χ1) is 8.02. The molecule has 0 aliphatic rings. The average Bonchev–Trinajstić information content (AvgIpc) is 2.24. The van der Waals surface area contributed by atoms with Gasteiger partial charge in [0.2, 0.25) is 0 Å². The van der Waals surface area contributed by atoms with Gasteiger partial charge >= 0.3 is 5.97 Å². The van der Waals surface area contributed by atoms with Crippen molar-refractivity contribution < 1.29 is 9.53 Å². The molecular formula is C15H30O2. The van der Waals surface area contributed by atoms with Gasteiger partial charge in [-0.05, 0) is 18.3 Å². The molecule has 0 saturated carbocycles. The van der Waals surface area contributed by atoms with E-state index < -0.39 is 0 Å². The minimum atomic E-state index is -0.0270. The summed E-state index contributed by atoms with van der Waals surface area (Å²) in [5.41, 5.74) is 0. The molecule has 0 rings (SSSR count). The highest BCUT2D eigenvalue weighted by molar-refractivity contribution is 5.69.